The molecular formula is C19H16BrN7O3. The Balaban J connectivity index is 1.43. The summed E-state index contributed by atoms with van der Waals surface area (Å²) in [7, 11) is 1.82. The zero-order chi connectivity index (χ0) is 21.0. The first-order chi connectivity index (χ1) is 14.4. The summed E-state index contributed by atoms with van der Waals surface area (Å²) in [5.74, 6) is -0.927. The molecule has 1 atom stereocenters. The number of hydrogen-bond acceptors (Lipinski definition) is 6. The number of carbonyl (C=O) groups excluding carboxylic acids is 3. The predicted octanol–water partition coefficient (Wildman–Crippen LogP) is 1.19. The van der Waals surface area contributed by atoms with Crippen molar-refractivity contribution in [1.29, 1.82) is 0 Å². The van der Waals surface area contributed by atoms with Gasteiger partial charge in [0.25, 0.3) is 5.91 Å². The highest BCUT2D eigenvalue weighted by atomic mass is 79.9. The zero-order valence-electron chi connectivity index (χ0n) is 15.9. The summed E-state index contributed by atoms with van der Waals surface area (Å²) >= 11 is 3.46. The highest BCUT2D eigenvalue weighted by molar-refractivity contribution is 9.10. The molecule has 0 aliphatic carbocycles. The standard InChI is InChI=1S/C19H16BrN7O3/c1-25-17(13(20)7-21-25)14-9-27(24-23-14)11-2-3-12-10(6-11)8-26(19(12)30)15-4-5-16(28)22-18(15)29/h2-3,6-7,9,15H,4-5,8H2,1H3,(H,22,28,29). The molecule has 2 aliphatic rings. The fourth-order valence-corrected chi connectivity index (χ4v) is 4.45. The minimum atomic E-state index is -0.633. The summed E-state index contributed by atoms with van der Waals surface area (Å²) < 4.78 is 4.16. The van der Waals surface area contributed by atoms with Crippen LogP contribution in [0.4, 0.5) is 0 Å². The molecule has 1 aromatic carbocycles. The number of nitrogens with one attached hydrogen (secondary N) is 1. The van der Waals surface area contributed by atoms with E-state index in [0.717, 1.165) is 21.4 Å². The maximum absolute atomic E-state index is 12.8. The van der Waals surface area contributed by atoms with E-state index in [1.54, 1.807) is 33.9 Å². The molecule has 3 amide bonds. The van der Waals surface area contributed by atoms with Gasteiger partial charge in [-0.3, -0.25) is 24.4 Å². The Bertz CT molecular complexity index is 1200. The third-order valence-corrected chi connectivity index (χ3v) is 5.98. The second kappa shape index (κ2) is 6.87. The first kappa shape index (κ1) is 18.7. The number of aromatic nitrogens is 5. The minimum Gasteiger partial charge on any atom is -0.322 e. The van der Waals surface area contributed by atoms with Crippen molar-refractivity contribution in [3.05, 3.63) is 46.2 Å². The highest BCUT2D eigenvalue weighted by Gasteiger charge is 2.39. The molecule has 10 nitrogen and oxygen atoms in total. The lowest BCUT2D eigenvalue weighted by Gasteiger charge is -2.29. The van der Waals surface area contributed by atoms with Crippen LogP contribution < -0.4 is 5.32 Å². The quantitative estimate of drug-likeness (QED) is 0.576. The predicted molar refractivity (Wildman–Crippen MR) is 107 cm³/mol. The first-order valence-electron chi connectivity index (χ1n) is 9.30. The number of carbonyl (C=O) groups is 3. The molecule has 0 bridgehead atoms. The van der Waals surface area contributed by atoms with Crippen LogP contribution in [0.15, 0.2) is 35.1 Å². The van der Waals surface area contributed by atoms with E-state index in [1.807, 2.05) is 13.1 Å². The first-order valence-corrected chi connectivity index (χ1v) is 10.1. The molecule has 2 aromatic heterocycles. The van der Waals surface area contributed by atoms with Crippen LogP contribution in [0.25, 0.3) is 17.1 Å². The summed E-state index contributed by atoms with van der Waals surface area (Å²) in [6.07, 6.45) is 4.05. The molecule has 3 aromatic rings. The number of imide groups is 1. The van der Waals surface area contributed by atoms with E-state index in [2.05, 4.69) is 36.7 Å². The van der Waals surface area contributed by atoms with E-state index >= 15 is 0 Å². The molecule has 1 N–H and O–H groups in total. The Hall–Kier alpha value is -3.34. The summed E-state index contributed by atoms with van der Waals surface area (Å²) in [5.41, 5.74) is 3.58. The summed E-state index contributed by atoms with van der Waals surface area (Å²) in [4.78, 5) is 37.9. The van der Waals surface area contributed by atoms with Crippen molar-refractivity contribution in [3.8, 4) is 17.1 Å². The summed E-state index contributed by atoms with van der Waals surface area (Å²) in [5, 5.41) is 14.9. The van der Waals surface area contributed by atoms with Gasteiger partial charge in [-0.1, -0.05) is 5.21 Å². The van der Waals surface area contributed by atoms with Crippen LogP contribution in [0.1, 0.15) is 28.8 Å². The van der Waals surface area contributed by atoms with E-state index in [0.29, 0.717) is 24.2 Å². The smallest absolute Gasteiger partial charge is 0.255 e. The number of fused-ring (bicyclic) bond motifs is 1. The van der Waals surface area contributed by atoms with Gasteiger partial charge in [-0.2, -0.15) is 5.10 Å². The van der Waals surface area contributed by atoms with Gasteiger partial charge in [-0.25, -0.2) is 4.68 Å². The van der Waals surface area contributed by atoms with E-state index in [1.165, 1.54) is 4.90 Å². The largest absolute Gasteiger partial charge is 0.322 e. The van der Waals surface area contributed by atoms with Crippen molar-refractivity contribution in [2.45, 2.75) is 25.4 Å². The Labute approximate surface area is 179 Å². The summed E-state index contributed by atoms with van der Waals surface area (Å²) in [6.45, 7) is 0.309. The van der Waals surface area contributed by atoms with Crippen molar-refractivity contribution in [3.63, 3.8) is 0 Å². The number of amides is 3. The molecule has 0 saturated carbocycles. The maximum Gasteiger partial charge on any atom is 0.255 e. The van der Waals surface area contributed by atoms with Crippen LogP contribution in [0, 0.1) is 0 Å². The molecule has 5 rings (SSSR count). The van der Waals surface area contributed by atoms with Gasteiger partial charge < -0.3 is 4.90 Å². The molecule has 4 heterocycles. The number of benzene rings is 1. The van der Waals surface area contributed by atoms with Gasteiger partial charge in [-0.15, -0.1) is 5.10 Å². The van der Waals surface area contributed by atoms with Crippen molar-refractivity contribution in [2.75, 3.05) is 0 Å². The second-order valence-corrected chi connectivity index (χ2v) is 8.11. The number of piperidine rings is 1. The van der Waals surface area contributed by atoms with Crippen molar-refractivity contribution < 1.29 is 14.4 Å². The Morgan fingerprint density at radius 2 is 2.07 bits per heavy atom. The Morgan fingerprint density at radius 3 is 2.80 bits per heavy atom. The van der Waals surface area contributed by atoms with Crippen LogP contribution >= 0.6 is 15.9 Å². The average Bonchev–Trinajstić information content (AvgIpc) is 3.40. The number of hydrogen-bond donors (Lipinski definition) is 1. The van der Waals surface area contributed by atoms with Gasteiger partial charge in [0.1, 0.15) is 17.4 Å². The van der Waals surface area contributed by atoms with Crippen LogP contribution in [0.3, 0.4) is 0 Å². The molecule has 11 heteroatoms. The van der Waals surface area contributed by atoms with Gasteiger partial charge in [-0.05, 0) is 46.1 Å². The topological polar surface area (TPSA) is 115 Å². The lowest BCUT2D eigenvalue weighted by Crippen LogP contribution is -2.52. The number of halogens is 1. The molecular weight excluding hydrogens is 454 g/mol. The molecule has 2 aliphatic heterocycles. The monoisotopic (exact) mass is 469 g/mol. The number of aryl methyl sites for hydroxylation is 1. The third-order valence-electron chi connectivity index (χ3n) is 5.40. The normalized spacial score (nSPS) is 18.7. The highest BCUT2D eigenvalue weighted by Crippen LogP contribution is 2.30. The van der Waals surface area contributed by atoms with Crippen LogP contribution in [-0.4, -0.2) is 53.4 Å². The van der Waals surface area contributed by atoms with Crippen molar-refractivity contribution >= 4 is 33.7 Å². The molecule has 1 unspecified atom stereocenters. The minimum absolute atomic E-state index is 0.204. The lowest BCUT2D eigenvalue weighted by molar-refractivity contribution is -0.136. The van der Waals surface area contributed by atoms with E-state index in [-0.39, 0.29) is 18.2 Å². The fraction of sp³-hybridized carbons (Fsp3) is 0.263. The molecule has 0 spiro atoms. The maximum atomic E-state index is 12.8. The van der Waals surface area contributed by atoms with Gasteiger partial charge in [0.15, 0.2) is 0 Å². The molecule has 30 heavy (non-hydrogen) atoms. The number of nitrogens with zero attached hydrogens (tertiary/aromatic N) is 6. The second-order valence-electron chi connectivity index (χ2n) is 7.25. The van der Waals surface area contributed by atoms with Crippen LogP contribution in [0.2, 0.25) is 0 Å². The van der Waals surface area contributed by atoms with Crippen molar-refractivity contribution in [1.82, 2.24) is 35.0 Å². The average molecular weight is 470 g/mol. The van der Waals surface area contributed by atoms with Gasteiger partial charge in [0.05, 0.1) is 22.6 Å². The van der Waals surface area contributed by atoms with Gasteiger partial charge >= 0.3 is 0 Å². The molecule has 0 radical (unpaired) electrons. The van der Waals surface area contributed by atoms with Gasteiger partial charge in [0.2, 0.25) is 11.8 Å². The number of rotatable bonds is 3. The molecule has 152 valence electrons. The Morgan fingerprint density at radius 1 is 1.23 bits per heavy atom. The third kappa shape index (κ3) is 2.93. The zero-order valence-corrected chi connectivity index (χ0v) is 17.5. The van der Waals surface area contributed by atoms with E-state index in [4.69, 9.17) is 0 Å². The van der Waals surface area contributed by atoms with E-state index < -0.39 is 11.9 Å². The fourth-order valence-electron chi connectivity index (χ4n) is 3.90. The molecule has 1 fully saturated rings. The van der Waals surface area contributed by atoms with Crippen LogP contribution in [0.5, 0.6) is 0 Å². The van der Waals surface area contributed by atoms with Crippen LogP contribution in [-0.2, 0) is 23.2 Å². The van der Waals surface area contributed by atoms with Crippen molar-refractivity contribution in [2.24, 2.45) is 7.05 Å². The SMILES string of the molecule is Cn1ncc(Br)c1-c1cn(-c2ccc3c(c2)CN(C2CCC(=O)NC2=O)C3=O)nn1. The lowest BCUT2D eigenvalue weighted by atomic mass is 10.0. The molecule has 1 saturated heterocycles. The Kier molecular flexibility index (Phi) is 4.28. The van der Waals surface area contributed by atoms with E-state index in [9.17, 15) is 14.4 Å². The summed E-state index contributed by atoms with van der Waals surface area (Å²) in [6, 6.07) is 4.77. The van der Waals surface area contributed by atoms with Gasteiger partial charge in [0, 0.05) is 25.6 Å².